The highest BCUT2D eigenvalue weighted by atomic mass is 32.2. The van der Waals surface area contributed by atoms with Gasteiger partial charge in [0.05, 0.1) is 5.37 Å². The minimum atomic E-state index is -0.923. The third-order valence-electron chi connectivity index (χ3n) is 2.69. The van der Waals surface area contributed by atoms with Gasteiger partial charge in [-0.15, -0.1) is 11.8 Å². The Hall–Kier alpha value is -0.560. The molecule has 0 bridgehead atoms. The Kier molecular flexibility index (Phi) is 5.45. The molecule has 1 saturated heterocycles. The fourth-order valence-electron chi connectivity index (χ4n) is 1.64. The van der Waals surface area contributed by atoms with Crippen molar-refractivity contribution in [3.8, 4) is 0 Å². The smallest absolute Gasteiger partial charge is 0.327 e. The van der Waals surface area contributed by atoms with Crippen molar-refractivity contribution in [3.05, 3.63) is 0 Å². The van der Waals surface area contributed by atoms with E-state index in [-0.39, 0.29) is 11.4 Å². The topological polar surface area (TPSA) is 60.9 Å². The number of rotatable bonds is 4. The molecule has 0 aromatic heterocycles. The second-order valence-corrected chi connectivity index (χ2v) is 6.23. The van der Waals surface area contributed by atoms with Crippen LogP contribution in [0.1, 0.15) is 6.92 Å². The molecule has 2 atom stereocenters. The van der Waals surface area contributed by atoms with Gasteiger partial charge in [0.25, 0.3) is 0 Å². The standard InChI is InChI=1S/C10H18N2O3S2/c1-7-12(8(6-17-7)9(13)14)10(15)11(2)4-5-16-3/h7-8H,4-6H2,1-3H3,(H,13,14). The molecule has 1 heterocycles. The number of hydrogen-bond acceptors (Lipinski definition) is 4. The predicted molar refractivity (Wildman–Crippen MR) is 71.6 cm³/mol. The van der Waals surface area contributed by atoms with Crippen molar-refractivity contribution in [2.75, 3.05) is 31.4 Å². The molecule has 0 aromatic carbocycles. The van der Waals surface area contributed by atoms with Crippen LogP contribution in [0.4, 0.5) is 4.79 Å². The van der Waals surface area contributed by atoms with Crippen LogP contribution in [0.25, 0.3) is 0 Å². The van der Waals surface area contributed by atoms with E-state index in [9.17, 15) is 9.59 Å². The number of aliphatic carboxylic acids is 1. The lowest BCUT2D eigenvalue weighted by Gasteiger charge is -2.29. The van der Waals surface area contributed by atoms with Crippen LogP contribution in [0.15, 0.2) is 0 Å². The maximum Gasteiger partial charge on any atom is 0.327 e. The van der Waals surface area contributed by atoms with Crippen LogP contribution < -0.4 is 0 Å². The van der Waals surface area contributed by atoms with Crippen LogP contribution in [-0.4, -0.2) is 69.7 Å². The Morgan fingerprint density at radius 1 is 1.59 bits per heavy atom. The van der Waals surface area contributed by atoms with Gasteiger partial charge in [0.15, 0.2) is 0 Å². The number of amides is 2. The van der Waals surface area contributed by atoms with Gasteiger partial charge in [0.2, 0.25) is 0 Å². The highest BCUT2D eigenvalue weighted by Gasteiger charge is 2.40. The molecule has 0 spiro atoms. The summed E-state index contributed by atoms with van der Waals surface area (Å²) in [6.45, 7) is 2.51. The third-order valence-corrected chi connectivity index (χ3v) is 4.49. The van der Waals surface area contributed by atoms with Crippen LogP contribution >= 0.6 is 23.5 Å². The van der Waals surface area contributed by atoms with E-state index in [0.717, 1.165) is 5.75 Å². The minimum absolute atomic E-state index is 0.0691. The first-order valence-electron chi connectivity index (χ1n) is 5.35. The van der Waals surface area contributed by atoms with Gasteiger partial charge < -0.3 is 10.0 Å². The quantitative estimate of drug-likeness (QED) is 0.838. The molecule has 1 aliphatic heterocycles. The van der Waals surface area contributed by atoms with Gasteiger partial charge in [0, 0.05) is 25.1 Å². The van der Waals surface area contributed by atoms with Crippen molar-refractivity contribution in [1.29, 1.82) is 0 Å². The van der Waals surface area contributed by atoms with E-state index < -0.39 is 12.0 Å². The van der Waals surface area contributed by atoms with E-state index in [0.29, 0.717) is 12.3 Å². The molecule has 5 nitrogen and oxygen atoms in total. The van der Waals surface area contributed by atoms with Crippen molar-refractivity contribution in [3.63, 3.8) is 0 Å². The summed E-state index contributed by atoms with van der Waals surface area (Å²) in [4.78, 5) is 26.3. The molecular formula is C10H18N2O3S2. The van der Waals surface area contributed by atoms with Gasteiger partial charge in [-0.1, -0.05) is 0 Å². The zero-order valence-electron chi connectivity index (χ0n) is 10.3. The second kappa shape index (κ2) is 6.39. The number of urea groups is 1. The van der Waals surface area contributed by atoms with Crippen molar-refractivity contribution in [2.24, 2.45) is 0 Å². The molecule has 0 aliphatic carbocycles. The van der Waals surface area contributed by atoms with E-state index in [1.807, 2.05) is 13.2 Å². The number of thioether (sulfide) groups is 2. The van der Waals surface area contributed by atoms with Crippen molar-refractivity contribution in [2.45, 2.75) is 18.3 Å². The average molecular weight is 278 g/mol. The van der Waals surface area contributed by atoms with Crippen LogP contribution in [0.2, 0.25) is 0 Å². The molecule has 7 heteroatoms. The Morgan fingerprint density at radius 3 is 2.76 bits per heavy atom. The first-order valence-corrected chi connectivity index (χ1v) is 7.80. The van der Waals surface area contributed by atoms with Gasteiger partial charge in [-0.3, -0.25) is 4.90 Å². The fraction of sp³-hybridized carbons (Fsp3) is 0.800. The summed E-state index contributed by atoms with van der Waals surface area (Å²) in [5.41, 5.74) is 0. The first-order chi connectivity index (χ1) is 7.99. The van der Waals surface area contributed by atoms with Crippen LogP contribution in [0.3, 0.4) is 0 Å². The molecule has 17 heavy (non-hydrogen) atoms. The number of carboxylic acids is 1. The van der Waals surface area contributed by atoms with E-state index >= 15 is 0 Å². The Balaban J connectivity index is 2.68. The maximum absolute atomic E-state index is 12.1. The van der Waals surface area contributed by atoms with Crippen LogP contribution in [0.5, 0.6) is 0 Å². The van der Waals surface area contributed by atoms with Crippen LogP contribution in [-0.2, 0) is 4.79 Å². The molecule has 1 N–H and O–H groups in total. The molecule has 0 aromatic rings. The third kappa shape index (κ3) is 3.45. The van der Waals surface area contributed by atoms with Gasteiger partial charge in [-0.25, -0.2) is 9.59 Å². The molecule has 0 radical (unpaired) electrons. The molecule has 1 rings (SSSR count). The number of carboxylic acid groups (broad SMARTS) is 1. The van der Waals surface area contributed by atoms with E-state index in [1.165, 1.54) is 16.7 Å². The molecule has 0 saturated carbocycles. The van der Waals surface area contributed by atoms with Crippen molar-refractivity contribution < 1.29 is 14.7 Å². The van der Waals surface area contributed by atoms with Gasteiger partial charge in [0.1, 0.15) is 6.04 Å². The van der Waals surface area contributed by atoms with Gasteiger partial charge >= 0.3 is 12.0 Å². The largest absolute Gasteiger partial charge is 0.480 e. The Bertz CT molecular complexity index is 301. The molecule has 1 fully saturated rings. The van der Waals surface area contributed by atoms with Gasteiger partial charge in [-0.2, -0.15) is 11.8 Å². The summed E-state index contributed by atoms with van der Waals surface area (Å²) >= 11 is 3.17. The molecule has 2 amide bonds. The molecular weight excluding hydrogens is 260 g/mol. The summed E-state index contributed by atoms with van der Waals surface area (Å²) < 4.78 is 0. The summed E-state index contributed by atoms with van der Waals surface area (Å²) in [5, 5.41) is 9.01. The summed E-state index contributed by atoms with van der Waals surface area (Å²) in [5.74, 6) is 0.405. The molecule has 2 unspecified atom stereocenters. The molecule has 98 valence electrons. The number of carbonyl (C=O) groups excluding carboxylic acids is 1. The van der Waals surface area contributed by atoms with E-state index in [2.05, 4.69) is 0 Å². The predicted octanol–water partition coefficient (Wildman–Crippen LogP) is 1.25. The highest BCUT2D eigenvalue weighted by molar-refractivity contribution is 8.00. The summed E-state index contributed by atoms with van der Waals surface area (Å²) in [7, 11) is 1.72. The van der Waals surface area contributed by atoms with Crippen LogP contribution in [0, 0.1) is 0 Å². The van der Waals surface area contributed by atoms with Crippen molar-refractivity contribution in [1.82, 2.24) is 9.80 Å². The number of carbonyl (C=O) groups is 2. The van der Waals surface area contributed by atoms with Crippen molar-refractivity contribution >= 4 is 35.5 Å². The monoisotopic (exact) mass is 278 g/mol. The normalized spacial score (nSPS) is 23.8. The Labute approximate surface area is 110 Å². The lowest BCUT2D eigenvalue weighted by molar-refractivity contribution is -0.141. The fourth-order valence-corrected chi connectivity index (χ4v) is 3.26. The number of nitrogens with zero attached hydrogens (tertiary/aromatic N) is 2. The molecule has 1 aliphatic rings. The SMILES string of the molecule is CSCCN(C)C(=O)N1C(C)SCC1C(=O)O. The van der Waals surface area contributed by atoms with E-state index in [4.69, 9.17) is 5.11 Å². The first kappa shape index (κ1) is 14.5. The average Bonchev–Trinajstić information content (AvgIpc) is 2.67. The zero-order chi connectivity index (χ0) is 13.0. The summed E-state index contributed by atoms with van der Waals surface area (Å²) in [6.07, 6.45) is 1.98. The zero-order valence-corrected chi connectivity index (χ0v) is 11.9. The minimum Gasteiger partial charge on any atom is -0.480 e. The lowest BCUT2D eigenvalue weighted by atomic mass is 10.3. The van der Waals surface area contributed by atoms with Gasteiger partial charge in [-0.05, 0) is 13.2 Å². The highest BCUT2D eigenvalue weighted by Crippen LogP contribution is 2.29. The Morgan fingerprint density at radius 2 is 2.24 bits per heavy atom. The second-order valence-electron chi connectivity index (χ2n) is 3.89. The number of hydrogen-bond donors (Lipinski definition) is 1. The summed E-state index contributed by atoms with van der Waals surface area (Å²) in [6, 6.07) is -0.886. The van der Waals surface area contributed by atoms with E-state index in [1.54, 1.807) is 23.7 Å². The maximum atomic E-state index is 12.1. The lowest BCUT2D eigenvalue weighted by Crippen LogP contribution is -2.50.